The van der Waals surface area contributed by atoms with E-state index in [4.69, 9.17) is 13.9 Å². The molecule has 0 spiro atoms. The normalized spacial score (nSPS) is 13.9. The van der Waals surface area contributed by atoms with Crippen molar-refractivity contribution in [3.8, 4) is 5.75 Å². The zero-order valence-electron chi connectivity index (χ0n) is 15.2. The van der Waals surface area contributed by atoms with Crippen LogP contribution in [0.15, 0.2) is 41.0 Å². The number of esters is 1. The molecule has 0 unspecified atom stereocenters. The SMILES string of the molecule is COc1ccc(C(=O)OCC(=O)N2CCN(C(=O)c3ccco3)CC2)c(F)c1. The lowest BCUT2D eigenvalue weighted by Gasteiger charge is -2.34. The van der Waals surface area contributed by atoms with Crippen molar-refractivity contribution in [2.24, 2.45) is 0 Å². The van der Waals surface area contributed by atoms with Crippen molar-refractivity contribution in [3.05, 3.63) is 53.7 Å². The molecule has 2 aromatic rings. The van der Waals surface area contributed by atoms with Crippen LogP contribution in [0.2, 0.25) is 0 Å². The van der Waals surface area contributed by atoms with Gasteiger partial charge in [0.05, 0.1) is 18.9 Å². The zero-order chi connectivity index (χ0) is 20.1. The maximum atomic E-state index is 13.9. The highest BCUT2D eigenvalue weighted by molar-refractivity contribution is 5.92. The predicted octanol–water partition coefficient (Wildman–Crippen LogP) is 1.57. The standard InChI is InChI=1S/C19H19FN2O6/c1-26-13-4-5-14(15(20)11-13)19(25)28-12-17(23)21-6-8-22(9-7-21)18(24)16-3-2-10-27-16/h2-5,10-11H,6-9,12H2,1H3. The third-order valence-electron chi connectivity index (χ3n) is 4.37. The van der Waals surface area contributed by atoms with Crippen LogP contribution in [-0.2, 0) is 9.53 Å². The maximum Gasteiger partial charge on any atom is 0.341 e. The molecular weight excluding hydrogens is 371 g/mol. The van der Waals surface area contributed by atoms with Crippen molar-refractivity contribution in [3.63, 3.8) is 0 Å². The quantitative estimate of drug-likeness (QED) is 0.720. The lowest BCUT2D eigenvalue weighted by Crippen LogP contribution is -2.51. The van der Waals surface area contributed by atoms with Crippen LogP contribution in [0.3, 0.4) is 0 Å². The summed E-state index contributed by atoms with van der Waals surface area (Å²) in [5.74, 6) is -1.85. The molecule has 148 valence electrons. The Morgan fingerprint density at radius 2 is 1.82 bits per heavy atom. The molecule has 1 saturated heterocycles. The summed E-state index contributed by atoms with van der Waals surface area (Å²) in [5.41, 5.74) is -0.275. The van der Waals surface area contributed by atoms with E-state index >= 15 is 0 Å². The van der Waals surface area contributed by atoms with Crippen molar-refractivity contribution < 1.29 is 32.7 Å². The first kappa shape index (κ1) is 19.4. The van der Waals surface area contributed by atoms with Crippen molar-refractivity contribution in [2.45, 2.75) is 0 Å². The van der Waals surface area contributed by atoms with Gasteiger partial charge in [0.2, 0.25) is 0 Å². The van der Waals surface area contributed by atoms with Gasteiger partial charge in [-0.05, 0) is 24.3 Å². The molecule has 1 aromatic heterocycles. The Balaban J connectivity index is 1.48. The topological polar surface area (TPSA) is 89.3 Å². The number of carbonyl (C=O) groups is 3. The van der Waals surface area contributed by atoms with Crippen LogP contribution in [0.1, 0.15) is 20.9 Å². The Bertz CT molecular complexity index is 859. The molecule has 1 aliphatic heterocycles. The maximum absolute atomic E-state index is 13.9. The van der Waals surface area contributed by atoms with E-state index in [1.165, 1.54) is 30.4 Å². The van der Waals surface area contributed by atoms with Gasteiger partial charge in [-0.2, -0.15) is 0 Å². The smallest absolute Gasteiger partial charge is 0.341 e. The number of furan rings is 1. The zero-order valence-corrected chi connectivity index (χ0v) is 15.2. The number of ether oxygens (including phenoxy) is 2. The van der Waals surface area contributed by atoms with E-state index in [1.807, 2.05) is 0 Å². The fourth-order valence-electron chi connectivity index (χ4n) is 2.80. The number of hydrogen-bond donors (Lipinski definition) is 0. The summed E-state index contributed by atoms with van der Waals surface area (Å²) >= 11 is 0. The predicted molar refractivity (Wildman–Crippen MR) is 94.4 cm³/mol. The number of piperazine rings is 1. The summed E-state index contributed by atoms with van der Waals surface area (Å²) in [6.07, 6.45) is 1.42. The molecule has 28 heavy (non-hydrogen) atoms. The molecule has 0 saturated carbocycles. The van der Waals surface area contributed by atoms with Gasteiger partial charge in [0.15, 0.2) is 12.4 Å². The van der Waals surface area contributed by atoms with Gasteiger partial charge in [-0.25, -0.2) is 9.18 Å². The number of amides is 2. The molecule has 0 atom stereocenters. The first-order valence-electron chi connectivity index (χ1n) is 8.61. The number of halogens is 1. The van der Waals surface area contributed by atoms with E-state index in [0.717, 1.165) is 6.07 Å². The van der Waals surface area contributed by atoms with Crippen molar-refractivity contribution >= 4 is 17.8 Å². The highest BCUT2D eigenvalue weighted by Crippen LogP contribution is 2.17. The van der Waals surface area contributed by atoms with Gasteiger partial charge in [-0.3, -0.25) is 9.59 Å². The Kier molecular flexibility index (Phi) is 5.93. The fourth-order valence-corrected chi connectivity index (χ4v) is 2.80. The Morgan fingerprint density at radius 3 is 2.43 bits per heavy atom. The van der Waals surface area contributed by atoms with Crippen LogP contribution in [0.5, 0.6) is 5.75 Å². The number of nitrogens with zero attached hydrogens (tertiary/aromatic N) is 2. The third-order valence-corrected chi connectivity index (χ3v) is 4.37. The summed E-state index contributed by atoms with van der Waals surface area (Å²) in [6, 6.07) is 6.94. The lowest BCUT2D eigenvalue weighted by molar-refractivity contribution is -0.136. The van der Waals surface area contributed by atoms with Gasteiger partial charge >= 0.3 is 5.97 Å². The molecule has 1 aromatic carbocycles. The van der Waals surface area contributed by atoms with E-state index in [-0.39, 0.29) is 23.0 Å². The minimum Gasteiger partial charge on any atom is -0.497 e. The third kappa shape index (κ3) is 4.30. The number of rotatable bonds is 5. The van der Waals surface area contributed by atoms with E-state index in [2.05, 4.69) is 0 Å². The molecular formula is C19H19FN2O6. The minimum atomic E-state index is -0.930. The molecule has 9 heteroatoms. The largest absolute Gasteiger partial charge is 0.497 e. The second-order valence-corrected chi connectivity index (χ2v) is 6.07. The average Bonchev–Trinajstić information content (AvgIpc) is 3.26. The number of benzene rings is 1. The first-order chi connectivity index (χ1) is 13.5. The monoisotopic (exact) mass is 390 g/mol. The van der Waals surface area contributed by atoms with Crippen molar-refractivity contribution in [1.82, 2.24) is 9.80 Å². The molecule has 0 N–H and O–H groups in total. The fraction of sp³-hybridized carbons (Fsp3) is 0.316. The summed E-state index contributed by atoms with van der Waals surface area (Å²) in [4.78, 5) is 39.5. The van der Waals surface area contributed by atoms with Gasteiger partial charge < -0.3 is 23.7 Å². The number of hydrogen-bond acceptors (Lipinski definition) is 6. The van der Waals surface area contributed by atoms with Crippen molar-refractivity contribution in [1.29, 1.82) is 0 Å². The molecule has 0 aliphatic carbocycles. The molecule has 0 radical (unpaired) electrons. The lowest BCUT2D eigenvalue weighted by atomic mass is 10.2. The molecule has 2 heterocycles. The van der Waals surface area contributed by atoms with E-state index in [1.54, 1.807) is 17.0 Å². The van der Waals surface area contributed by atoms with Crippen molar-refractivity contribution in [2.75, 3.05) is 39.9 Å². The number of methoxy groups -OCH3 is 1. The second-order valence-electron chi connectivity index (χ2n) is 6.07. The highest BCUT2D eigenvalue weighted by Gasteiger charge is 2.26. The molecule has 0 bridgehead atoms. The van der Waals surface area contributed by atoms with Gasteiger partial charge in [0.25, 0.3) is 11.8 Å². The number of carbonyl (C=O) groups excluding carboxylic acids is 3. The van der Waals surface area contributed by atoms with E-state index in [0.29, 0.717) is 26.2 Å². The van der Waals surface area contributed by atoms with Gasteiger partial charge in [0.1, 0.15) is 11.6 Å². The molecule has 8 nitrogen and oxygen atoms in total. The Morgan fingerprint density at radius 1 is 1.11 bits per heavy atom. The molecule has 3 rings (SSSR count). The average molecular weight is 390 g/mol. The first-order valence-corrected chi connectivity index (χ1v) is 8.61. The van der Waals surface area contributed by atoms with Crippen LogP contribution >= 0.6 is 0 Å². The summed E-state index contributed by atoms with van der Waals surface area (Å²) < 4.78 is 28.8. The Labute approximate surface area is 160 Å². The second kappa shape index (κ2) is 8.55. The summed E-state index contributed by atoms with van der Waals surface area (Å²) in [5, 5.41) is 0. The molecule has 1 aliphatic rings. The molecule has 2 amide bonds. The minimum absolute atomic E-state index is 0.237. The van der Waals surface area contributed by atoms with E-state index in [9.17, 15) is 18.8 Å². The van der Waals surface area contributed by atoms with Gasteiger partial charge in [-0.1, -0.05) is 0 Å². The van der Waals surface area contributed by atoms with Gasteiger partial charge in [0, 0.05) is 32.2 Å². The summed E-state index contributed by atoms with van der Waals surface area (Å²) in [7, 11) is 1.38. The van der Waals surface area contributed by atoms with Gasteiger partial charge in [-0.15, -0.1) is 0 Å². The molecule has 1 fully saturated rings. The van der Waals surface area contributed by atoms with Crippen LogP contribution in [-0.4, -0.2) is 67.5 Å². The highest BCUT2D eigenvalue weighted by atomic mass is 19.1. The summed E-state index contributed by atoms with van der Waals surface area (Å²) in [6.45, 7) is 0.786. The van der Waals surface area contributed by atoms with E-state index < -0.39 is 24.3 Å². The van der Waals surface area contributed by atoms with Crippen LogP contribution < -0.4 is 4.74 Å². The van der Waals surface area contributed by atoms with Crippen LogP contribution in [0, 0.1) is 5.82 Å². The van der Waals surface area contributed by atoms with Crippen LogP contribution in [0.25, 0.3) is 0 Å². The Hall–Kier alpha value is -3.36. The van der Waals surface area contributed by atoms with Crippen LogP contribution in [0.4, 0.5) is 4.39 Å².